The SMILES string of the molecule is CNc1cnc(C(C)C)nc1C(=O)NCC(COC)OC. The molecule has 0 aromatic carbocycles. The van der Waals surface area contributed by atoms with Gasteiger partial charge in [0.25, 0.3) is 5.91 Å². The Kier molecular flexibility index (Phi) is 7.04. The fourth-order valence-corrected chi connectivity index (χ4v) is 1.72. The Balaban J connectivity index is 2.82. The molecule has 2 N–H and O–H groups in total. The Morgan fingerprint density at radius 2 is 2.10 bits per heavy atom. The molecule has 118 valence electrons. The number of ether oxygens (including phenoxy) is 2. The summed E-state index contributed by atoms with van der Waals surface area (Å²) in [6.45, 7) is 4.73. The number of hydrogen-bond acceptors (Lipinski definition) is 6. The first-order valence-corrected chi connectivity index (χ1v) is 6.88. The molecule has 1 amide bonds. The van der Waals surface area contributed by atoms with E-state index >= 15 is 0 Å². The Labute approximate surface area is 125 Å². The Hall–Kier alpha value is -1.73. The number of hydrogen-bond donors (Lipinski definition) is 2. The quantitative estimate of drug-likeness (QED) is 0.745. The molecular weight excluding hydrogens is 272 g/mol. The number of carbonyl (C=O) groups is 1. The molecular formula is C14H24N4O3. The molecule has 1 rings (SSSR count). The summed E-state index contributed by atoms with van der Waals surface area (Å²) in [6, 6.07) is 0. The number of nitrogens with one attached hydrogen (secondary N) is 2. The van der Waals surface area contributed by atoms with Crippen LogP contribution in [0.3, 0.4) is 0 Å². The second-order valence-corrected chi connectivity index (χ2v) is 4.92. The van der Waals surface area contributed by atoms with Crippen LogP contribution in [-0.4, -0.2) is 56.4 Å². The van der Waals surface area contributed by atoms with Crippen LogP contribution in [0.15, 0.2) is 6.20 Å². The zero-order valence-electron chi connectivity index (χ0n) is 13.3. The number of anilines is 1. The van der Waals surface area contributed by atoms with E-state index in [1.807, 2.05) is 13.8 Å². The number of amides is 1. The van der Waals surface area contributed by atoms with E-state index in [9.17, 15) is 4.79 Å². The molecule has 0 aliphatic rings. The molecule has 1 unspecified atom stereocenters. The van der Waals surface area contributed by atoms with Gasteiger partial charge in [0.1, 0.15) is 5.82 Å². The van der Waals surface area contributed by atoms with Crippen LogP contribution in [0.2, 0.25) is 0 Å². The molecule has 1 heterocycles. The predicted octanol–water partition coefficient (Wildman–Crippen LogP) is 1.03. The molecule has 0 bridgehead atoms. The summed E-state index contributed by atoms with van der Waals surface area (Å²) in [5.74, 6) is 0.531. The van der Waals surface area contributed by atoms with E-state index in [1.54, 1.807) is 27.5 Å². The minimum atomic E-state index is -0.262. The van der Waals surface area contributed by atoms with Crippen molar-refractivity contribution >= 4 is 11.6 Å². The van der Waals surface area contributed by atoms with Gasteiger partial charge in [0.05, 0.1) is 24.6 Å². The smallest absolute Gasteiger partial charge is 0.272 e. The first-order chi connectivity index (χ1) is 10.0. The second-order valence-electron chi connectivity index (χ2n) is 4.92. The van der Waals surface area contributed by atoms with E-state index in [2.05, 4.69) is 20.6 Å². The van der Waals surface area contributed by atoms with Crippen LogP contribution in [0.25, 0.3) is 0 Å². The zero-order valence-corrected chi connectivity index (χ0v) is 13.3. The first-order valence-electron chi connectivity index (χ1n) is 6.88. The highest BCUT2D eigenvalue weighted by Gasteiger charge is 2.17. The van der Waals surface area contributed by atoms with Crippen molar-refractivity contribution in [2.24, 2.45) is 0 Å². The van der Waals surface area contributed by atoms with Gasteiger partial charge in [-0.15, -0.1) is 0 Å². The van der Waals surface area contributed by atoms with Crippen molar-refractivity contribution in [3.8, 4) is 0 Å². The molecule has 1 atom stereocenters. The van der Waals surface area contributed by atoms with Gasteiger partial charge in [0.2, 0.25) is 0 Å². The predicted molar refractivity (Wildman–Crippen MR) is 80.7 cm³/mol. The monoisotopic (exact) mass is 296 g/mol. The molecule has 0 saturated heterocycles. The Morgan fingerprint density at radius 3 is 2.62 bits per heavy atom. The van der Waals surface area contributed by atoms with Gasteiger partial charge in [-0.3, -0.25) is 4.79 Å². The number of nitrogens with zero attached hydrogens (tertiary/aromatic N) is 2. The minimum Gasteiger partial charge on any atom is -0.385 e. The fraction of sp³-hybridized carbons (Fsp3) is 0.643. The van der Waals surface area contributed by atoms with Gasteiger partial charge in [0.15, 0.2) is 5.69 Å². The first kappa shape index (κ1) is 17.3. The largest absolute Gasteiger partial charge is 0.385 e. The van der Waals surface area contributed by atoms with Gasteiger partial charge in [-0.1, -0.05) is 13.8 Å². The topological polar surface area (TPSA) is 85.4 Å². The summed E-state index contributed by atoms with van der Waals surface area (Å²) in [4.78, 5) is 20.9. The van der Waals surface area contributed by atoms with E-state index < -0.39 is 0 Å². The third kappa shape index (κ3) is 4.95. The van der Waals surface area contributed by atoms with Crippen LogP contribution in [0.5, 0.6) is 0 Å². The van der Waals surface area contributed by atoms with Crippen molar-refractivity contribution in [1.82, 2.24) is 15.3 Å². The maximum absolute atomic E-state index is 12.3. The van der Waals surface area contributed by atoms with Crippen molar-refractivity contribution in [1.29, 1.82) is 0 Å². The summed E-state index contributed by atoms with van der Waals surface area (Å²) in [6.07, 6.45) is 1.43. The van der Waals surface area contributed by atoms with E-state index in [4.69, 9.17) is 9.47 Å². The van der Waals surface area contributed by atoms with Crippen LogP contribution in [-0.2, 0) is 9.47 Å². The lowest BCUT2D eigenvalue weighted by atomic mass is 10.2. The average molecular weight is 296 g/mol. The summed E-state index contributed by atoms with van der Waals surface area (Å²) >= 11 is 0. The minimum absolute atomic E-state index is 0.155. The van der Waals surface area contributed by atoms with Crippen LogP contribution in [0, 0.1) is 0 Å². The van der Waals surface area contributed by atoms with Gasteiger partial charge in [-0.2, -0.15) is 0 Å². The molecule has 7 heteroatoms. The van der Waals surface area contributed by atoms with Gasteiger partial charge in [0, 0.05) is 33.7 Å². The summed E-state index contributed by atoms with van der Waals surface area (Å²) in [5.41, 5.74) is 0.932. The molecule has 1 aromatic heterocycles. The lowest BCUT2D eigenvalue weighted by Gasteiger charge is -2.16. The van der Waals surface area contributed by atoms with Crippen LogP contribution in [0.1, 0.15) is 36.1 Å². The Morgan fingerprint density at radius 1 is 1.38 bits per heavy atom. The number of rotatable bonds is 8. The third-order valence-electron chi connectivity index (χ3n) is 2.98. The molecule has 7 nitrogen and oxygen atoms in total. The third-order valence-corrected chi connectivity index (χ3v) is 2.98. The molecule has 0 spiro atoms. The number of carbonyl (C=O) groups excluding carboxylic acids is 1. The number of methoxy groups -OCH3 is 2. The lowest BCUT2D eigenvalue weighted by molar-refractivity contribution is 0.0285. The molecule has 1 aromatic rings. The normalized spacial score (nSPS) is 12.3. The summed E-state index contributed by atoms with van der Waals surface area (Å²) in [7, 11) is 4.90. The van der Waals surface area contributed by atoms with E-state index in [1.165, 1.54) is 0 Å². The van der Waals surface area contributed by atoms with Crippen molar-refractivity contribution in [2.75, 3.05) is 39.7 Å². The average Bonchev–Trinajstić information content (AvgIpc) is 2.50. The van der Waals surface area contributed by atoms with Gasteiger partial charge in [-0.05, 0) is 0 Å². The Bertz CT molecular complexity index is 466. The molecule has 0 fully saturated rings. The highest BCUT2D eigenvalue weighted by atomic mass is 16.5. The van der Waals surface area contributed by atoms with Gasteiger partial charge >= 0.3 is 0 Å². The molecule has 0 radical (unpaired) electrons. The van der Waals surface area contributed by atoms with Crippen molar-refractivity contribution in [2.45, 2.75) is 25.9 Å². The van der Waals surface area contributed by atoms with Gasteiger partial charge in [-0.25, -0.2) is 9.97 Å². The summed E-state index contributed by atoms with van der Waals surface area (Å²) in [5, 5.41) is 5.73. The van der Waals surface area contributed by atoms with Crippen LogP contribution >= 0.6 is 0 Å². The summed E-state index contributed by atoms with van der Waals surface area (Å²) < 4.78 is 10.2. The van der Waals surface area contributed by atoms with E-state index in [0.717, 1.165) is 0 Å². The zero-order chi connectivity index (χ0) is 15.8. The molecule has 21 heavy (non-hydrogen) atoms. The molecule has 0 saturated carbocycles. The highest BCUT2D eigenvalue weighted by Crippen LogP contribution is 2.15. The number of aromatic nitrogens is 2. The highest BCUT2D eigenvalue weighted by molar-refractivity contribution is 5.97. The second kappa shape index (κ2) is 8.53. The molecule has 0 aliphatic heterocycles. The fourth-order valence-electron chi connectivity index (χ4n) is 1.72. The van der Waals surface area contributed by atoms with Crippen LogP contribution < -0.4 is 10.6 Å². The van der Waals surface area contributed by atoms with Gasteiger partial charge < -0.3 is 20.1 Å². The molecule has 0 aliphatic carbocycles. The van der Waals surface area contributed by atoms with E-state index in [-0.39, 0.29) is 17.9 Å². The van der Waals surface area contributed by atoms with Crippen molar-refractivity contribution in [3.63, 3.8) is 0 Å². The standard InChI is InChI=1S/C14H24N4O3/c1-9(2)13-16-7-11(15-3)12(18-13)14(19)17-6-10(21-5)8-20-4/h7,9-10,15H,6,8H2,1-5H3,(H,17,19). The van der Waals surface area contributed by atoms with Crippen molar-refractivity contribution < 1.29 is 14.3 Å². The van der Waals surface area contributed by atoms with E-state index in [0.29, 0.717) is 30.4 Å². The van der Waals surface area contributed by atoms with Crippen LogP contribution in [0.4, 0.5) is 5.69 Å². The maximum Gasteiger partial charge on any atom is 0.272 e. The van der Waals surface area contributed by atoms with Crippen molar-refractivity contribution in [3.05, 3.63) is 17.7 Å². The maximum atomic E-state index is 12.3. The lowest BCUT2D eigenvalue weighted by Crippen LogP contribution is -2.36.